The van der Waals surface area contributed by atoms with Gasteiger partial charge in [-0.3, -0.25) is 0 Å². The zero-order valence-corrected chi connectivity index (χ0v) is 23.4. The van der Waals surface area contributed by atoms with Gasteiger partial charge in [0.05, 0.1) is 0 Å². The molecule has 0 heterocycles. The van der Waals surface area contributed by atoms with E-state index in [0.29, 0.717) is 7.25 Å². The second kappa shape index (κ2) is 9.43. The van der Waals surface area contributed by atoms with Gasteiger partial charge in [-0.2, -0.15) is 0 Å². The van der Waals surface area contributed by atoms with E-state index in [4.69, 9.17) is 0 Å². The van der Waals surface area contributed by atoms with Gasteiger partial charge in [-0.05, 0) is 0 Å². The van der Waals surface area contributed by atoms with Gasteiger partial charge < -0.3 is 24.8 Å². The summed E-state index contributed by atoms with van der Waals surface area (Å²) in [5.74, 6) is -0.740. The van der Waals surface area contributed by atoms with Gasteiger partial charge in [-0.15, -0.1) is 0 Å². The third-order valence-electron chi connectivity index (χ3n) is 6.97. The van der Waals surface area contributed by atoms with Gasteiger partial charge in [0.15, 0.2) is 0 Å². The Morgan fingerprint density at radius 1 is 0.594 bits per heavy atom. The maximum Gasteiger partial charge on any atom is -1.00 e. The predicted octanol–water partition coefficient (Wildman–Crippen LogP) is 1.44. The summed E-state index contributed by atoms with van der Waals surface area (Å²) in [6, 6.07) is 27.3. The predicted molar refractivity (Wildman–Crippen MR) is 130 cm³/mol. The third kappa shape index (κ3) is 3.70. The van der Waals surface area contributed by atoms with Crippen LogP contribution >= 0.6 is 0 Å². The van der Waals surface area contributed by atoms with Gasteiger partial charge in [0.1, 0.15) is 0 Å². The molecular formula is C28H25Cl2SiZr. The second-order valence-corrected chi connectivity index (χ2v) is 29.2. The number of fused-ring (bicyclic) bond motifs is 6. The zero-order valence-electron chi connectivity index (χ0n) is 18.2. The van der Waals surface area contributed by atoms with E-state index in [9.17, 15) is 0 Å². The fourth-order valence-corrected chi connectivity index (χ4v) is 26.6. The molecule has 0 saturated carbocycles. The van der Waals surface area contributed by atoms with Crippen LogP contribution in [0.1, 0.15) is 29.5 Å². The molecule has 0 radical (unpaired) electrons. The van der Waals surface area contributed by atoms with Crippen molar-refractivity contribution in [1.29, 1.82) is 0 Å². The Kier molecular flexibility index (Phi) is 6.99. The second-order valence-electron chi connectivity index (χ2n) is 8.91. The Morgan fingerprint density at radius 2 is 1.03 bits per heavy atom. The van der Waals surface area contributed by atoms with Crippen LogP contribution in [0, 0.1) is 0 Å². The fourth-order valence-electron chi connectivity index (χ4n) is 5.62. The van der Waals surface area contributed by atoms with Crippen molar-refractivity contribution < 1.29 is 45.7 Å². The average Bonchev–Trinajstić information content (AvgIpc) is 3.39. The van der Waals surface area contributed by atoms with E-state index >= 15 is 0 Å². The van der Waals surface area contributed by atoms with E-state index in [-0.39, 0.29) is 24.8 Å². The number of hydrogen-bond acceptors (Lipinski definition) is 0. The standard InChI is InChI=1S/2C13H9.C2H7Si.2ClH.Zr/c2*1-2-6-12-10(4-1)8-9-11-5-3-7-13(11)12;1-3-2;;;/h2*1-9H;3H,1-2H3;2*1H;/q;;;;;+2/p-2. The van der Waals surface area contributed by atoms with Crippen LogP contribution in [0.2, 0.25) is 13.1 Å². The molecule has 159 valence electrons. The maximum atomic E-state index is 2.62. The molecule has 0 nitrogen and oxygen atoms in total. The van der Waals surface area contributed by atoms with Crippen LogP contribution < -0.4 is 24.8 Å². The number of allylic oxidation sites excluding steroid dienone is 2. The van der Waals surface area contributed by atoms with Crippen molar-refractivity contribution in [3.63, 3.8) is 0 Å². The zero-order chi connectivity index (χ0) is 20.2. The molecule has 6 rings (SSSR count). The van der Waals surface area contributed by atoms with Gasteiger partial charge in [-0.1, -0.05) is 0 Å². The van der Waals surface area contributed by atoms with Gasteiger partial charge in [-0.25, -0.2) is 0 Å². The molecule has 2 unspecified atom stereocenters. The van der Waals surface area contributed by atoms with Crippen molar-refractivity contribution in [3.8, 4) is 0 Å². The Bertz CT molecular complexity index is 1260. The summed E-state index contributed by atoms with van der Waals surface area (Å²) in [5, 5.41) is 5.59. The Morgan fingerprint density at radius 3 is 1.47 bits per heavy atom. The molecule has 4 heteroatoms. The normalized spacial score (nSPS) is 17.8. The summed E-state index contributed by atoms with van der Waals surface area (Å²) in [6.45, 7) is 5.24. The summed E-state index contributed by atoms with van der Waals surface area (Å²) >= 11 is -1.82. The van der Waals surface area contributed by atoms with Crippen molar-refractivity contribution in [3.05, 3.63) is 107 Å². The van der Waals surface area contributed by atoms with Gasteiger partial charge >= 0.3 is 188 Å². The fraction of sp³-hybridized carbons (Fsp3) is 0.143. The molecule has 0 bridgehead atoms. The van der Waals surface area contributed by atoms with Crippen molar-refractivity contribution in [2.45, 2.75) is 20.3 Å². The van der Waals surface area contributed by atoms with E-state index in [1.165, 1.54) is 32.7 Å². The topological polar surface area (TPSA) is 0 Å². The number of halogens is 2. The Labute approximate surface area is 211 Å². The van der Waals surface area contributed by atoms with Crippen LogP contribution in [0.5, 0.6) is 0 Å². The summed E-state index contributed by atoms with van der Waals surface area (Å²) < 4.78 is 1.43. The molecule has 0 fully saturated rings. The van der Waals surface area contributed by atoms with E-state index < -0.39 is 26.8 Å². The monoisotopic (exact) mass is 549 g/mol. The first-order valence-electron chi connectivity index (χ1n) is 11.0. The molecule has 2 atom stereocenters. The van der Waals surface area contributed by atoms with Crippen LogP contribution in [-0.2, 0) is 20.9 Å². The van der Waals surface area contributed by atoms with Crippen LogP contribution in [-0.4, -0.2) is 5.92 Å². The SMILES string of the molecule is C[SiH](C)[Zr+2]([CH]1C=Cc2c1ccc1ccccc21)[CH]1C=Cc2c1ccc1ccccc21.[Cl-].[Cl-]. The summed E-state index contributed by atoms with van der Waals surface area (Å²) in [4.78, 5) is 0. The van der Waals surface area contributed by atoms with E-state index in [1.807, 2.05) is 0 Å². The molecule has 32 heavy (non-hydrogen) atoms. The molecule has 2 aliphatic rings. The molecule has 0 aromatic heterocycles. The first-order chi connectivity index (χ1) is 14.7. The molecule has 4 aromatic carbocycles. The Hall–Kier alpha value is -1.44. The van der Waals surface area contributed by atoms with Crippen molar-refractivity contribution in [2.75, 3.05) is 0 Å². The first-order valence-corrected chi connectivity index (χ1v) is 21.0. The minimum absolute atomic E-state index is 0. The minimum atomic E-state index is -1.82. The minimum Gasteiger partial charge on any atom is -1.00 e. The van der Waals surface area contributed by atoms with Gasteiger partial charge in [0.25, 0.3) is 0 Å². The average molecular weight is 552 g/mol. The largest absolute Gasteiger partial charge is 1.00 e. The number of hydrogen-bond donors (Lipinski definition) is 0. The smallest absolute Gasteiger partial charge is 1.00 e. The maximum absolute atomic E-state index is 2.62. The number of benzene rings is 4. The summed E-state index contributed by atoms with van der Waals surface area (Å²) in [5.41, 5.74) is 6.22. The molecule has 0 saturated heterocycles. The van der Waals surface area contributed by atoms with Crippen LogP contribution in [0.3, 0.4) is 0 Å². The quantitative estimate of drug-likeness (QED) is 0.338. The molecule has 2 aliphatic carbocycles. The van der Waals surface area contributed by atoms with E-state index in [1.54, 1.807) is 11.1 Å². The van der Waals surface area contributed by atoms with E-state index in [0.717, 1.165) is 0 Å². The van der Waals surface area contributed by atoms with Crippen molar-refractivity contribution in [1.82, 2.24) is 0 Å². The molecular weight excluding hydrogens is 527 g/mol. The van der Waals surface area contributed by atoms with Gasteiger partial charge in [0, 0.05) is 0 Å². The van der Waals surface area contributed by atoms with Crippen LogP contribution in [0.25, 0.3) is 33.7 Å². The summed E-state index contributed by atoms with van der Waals surface area (Å²) in [6.07, 6.45) is 10.1. The van der Waals surface area contributed by atoms with Crippen molar-refractivity contribution in [2.24, 2.45) is 0 Å². The third-order valence-corrected chi connectivity index (χ3v) is 28.4. The Balaban J connectivity index is 0.00000122. The summed E-state index contributed by atoms with van der Waals surface area (Å²) in [7, 11) is 0. The first kappa shape index (κ1) is 23.7. The molecule has 0 spiro atoms. The van der Waals surface area contributed by atoms with Crippen LogP contribution in [0.15, 0.2) is 84.9 Å². The van der Waals surface area contributed by atoms with Gasteiger partial charge in [0.2, 0.25) is 0 Å². The van der Waals surface area contributed by atoms with Crippen LogP contribution in [0.4, 0.5) is 0 Å². The molecule has 0 amide bonds. The van der Waals surface area contributed by atoms with E-state index in [2.05, 4.69) is 110 Å². The van der Waals surface area contributed by atoms with Crippen molar-refractivity contribution >= 4 is 39.6 Å². The molecule has 4 aromatic rings. The molecule has 0 aliphatic heterocycles. The molecule has 0 N–H and O–H groups in total. The number of rotatable bonds is 3.